The molecule has 3 rings (SSSR count). The van der Waals surface area contributed by atoms with Crippen molar-refractivity contribution in [2.24, 2.45) is 5.92 Å². The molecule has 4 heteroatoms. The van der Waals surface area contributed by atoms with E-state index in [2.05, 4.69) is 36.9 Å². The molecular formula is C17H19NO3. The van der Waals surface area contributed by atoms with Crippen LogP contribution in [0, 0.1) is 5.92 Å². The monoisotopic (exact) mass is 285 g/mol. The van der Waals surface area contributed by atoms with Crippen molar-refractivity contribution in [1.29, 1.82) is 0 Å². The summed E-state index contributed by atoms with van der Waals surface area (Å²) in [6.45, 7) is 5.24. The first-order valence-corrected chi connectivity index (χ1v) is 7.24. The van der Waals surface area contributed by atoms with Crippen molar-refractivity contribution in [3.05, 3.63) is 53.5 Å². The normalized spacial score (nSPS) is 19.1. The van der Waals surface area contributed by atoms with Gasteiger partial charge < -0.3 is 14.4 Å². The van der Waals surface area contributed by atoms with Crippen LogP contribution in [0.2, 0.25) is 0 Å². The van der Waals surface area contributed by atoms with Gasteiger partial charge in [0.2, 0.25) is 5.76 Å². The van der Waals surface area contributed by atoms with Crippen molar-refractivity contribution < 1.29 is 14.3 Å². The van der Waals surface area contributed by atoms with Crippen molar-refractivity contribution in [3.8, 4) is 0 Å². The summed E-state index contributed by atoms with van der Waals surface area (Å²) in [5.74, 6) is 0.226. The van der Waals surface area contributed by atoms with E-state index in [0.717, 1.165) is 13.0 Å². The second-order valence-corrected chi connectivity index (χ2v) is 5.77. The van der Waals surface area contributed by atoms with Gasteiger partial charge in [-0.1, -0.05) is 25.1 Å². The van der Waals surface area contributed by atoms with Crippen molar-refractivity contribution in [2.45, 2.75) is 26.3 Å². The highest BCUT2D eigenvalue weighted by Gasteiger charge is 2.27. The van der Waals surface area contributed by atoms with E-state index in [-0.39, 0.29) is 11.8 Å². The first kappa shape index (κ1) is 13.7. The minimum Gasteiger partial charge on any atom is -0.475 e. The zero-order valence-corrected chi connectivity index (χ0v) is 12.2. The molecule has 1 aliphatic heterocycles. The summed E-state index contributed by atoms with van der Waals surface area (Å²) in [5.41, 5.74) is 2.56. The average molecular weight is 285 g/mol. The summed E-state index contributed by atoms with van der Waals surface area (Å²) < 4.78 is 5.47. The molecule has 110 valence electrons. The van der Waals surface area contributed by atoms with E-state index in [1.807, 2.05) is 6.07 Å². The smallest absolute Gasteiger partial charge is 0.371 e. The molecule has 1 aromatic heterocycles. The van der Waals surface area contributed by atoms with Crippen molar-refractivity contribution in [1.82, 2.24) is 0 Å². The van der Waals surface area contributed by atoms with E-state index in [9.17, 15) is 4.79 Å². The fourth-order valence-electron chi connectivity index (χ4n) is 3.05. The van der Waals surface area contributed by atoms with E-state index >= 15 is 0 Å². The van der Waals surface area contributed by atoms with Crippen molar-refractivity contribution in [3.63, 3.8) is 0 Å². The van der Waals surface area contributed by atoms with E-state index in [0.29, 0.717) is 11.7 Å². The Labute approximate surface area is 124 Å². The predicted octanol–water partition coefficient (Wildman–Crippen LogP) is 3.74. The van der Waals surface area contributed by atoms with Gasteiger partial charge in [0.15, 0.2) is 0 Å². The Balaban J connectivity index is 1.93. The fraction of sp³-hybridized carbons (Fsp3) is 0.353. The van der Waals surface area contributed by atoms with Crippen LogP contribution in [0.3, 0.4) is 0 Å². The lowest BCUT2D eigenvalue weighted by molar-refractivity contribution is 0.0659. The van der Waals surface area contributed by atoms with Gasteiger partial charge in [0, 0.05) is 12.2 Å². The highest BCUT2D eigenvalue weighted by Crippen LogP contribution is 2.36. The lowest BCUT2D eigenvalue weighted by Crippen LogP contribution is -2.36. The molecule has 0 saturated heterocycles. The molecule has 2 heterocycles. The summed E-state index contributed by atoms with van der Waals surface area (Å²) in [6.07, 6.45) is 1.08. The number of carboxylic acids is 1. The lowest BCUT2D eigenvalue weighted by atomic mass is 9.92. The quantitative estimate of drug-likeness (QED) is 0.933. The van der Waals surface area contributed by atoms with Gasteiger partial charge in [-0.25, -0.2) is 4.79 Å². The number of carboxylic acid groups (broad SMARTS) is 1. The predicted molar refractivity (Wildman–Crippen MR) is 80.7 cm³/mol. The first-order chi connectivity index (χ1) is 10.1. The van der Waals surface area contributed by atoms with Gasteiger partial charge >= 0.3 is 5.97 Å². The van der Waals surface area contributed by atoms with Gasteiger partial charge in [-0.3, -0.25) is 0 Å². The van der Waals surface area contributed by atoms with Crippen LogP contribution >= 0.6 is 0 Å². The Morgan fingerprint density at radius 3 is 2.81 bits per heavy atom. The minimum atomic E-state index is -1.03. The Bertz CT molecular complexity index is 662. The van der Waals surface area contributed by atoms with Gasteiger partial charge in [0.1, 0.15) is 5.76 Å². The third kappa shape index (κ3) is 2.53. The number of para-hydroxylation sites is 1. The van der Waals surface area contributed by atoms with Crippen molar-refractivity contribution >= 4 is 11.7 Å². The van der Waals surface area contributed by atoms with Crippen LogP contribution in [0.1, 0.15) is 41.8 Å². The van der Waals surface area contributed by atoms with Gasteiger partial charge in [0.05, 0.1) is 6.04 Å². The molecule has 0 spiro atoms. The Morgan fingerprint density at radius 2 is 2.10 bits per heavy atom. The number of benzene rings is 1. The SMILES string of the molecule is CC1Cc2ccccc2N(C(C)c2ccc(C(=O)O)o2)C1. The van der Waals surface area contributed by atoms with Crippen LogP contribution in [0.15, 0.2) is 40.8 Å². The fourth-order valence-corrected chi connectivity index (χ4v) is 3.05. The molecule has 0 aliphatic carbocycles. The standard InChI is InChI=1S/C17H19NO3/c1-11-9-13-5-3-4-6-14(13)18(10-11)12(2)15-7-8-16(21-15)17(19)20/h3-8,11-12H,9-10H2,1-2H3,(H,19,20). The van der Waals surface area contributed by atoms with Crippen LogP contribution in [0.5, 0.6) is 0 Å². The molecular weight excluding hydrogens is 266 g/mol. The van der Waals surface area contributed by atoms with E-state index in [4.69, 9.17) is 9.52 Å². The summed E-state index contributed by atoms with van der Waals surface area (Å²) in [6, 6.07) is 11.7. The second kappa shape index (κ2) is 5.28. The number of hydrogen-bond donors (Lipinski definition) is 1. The van der Waals surface area contributed by atoms with E-state index in [1.165, 1.54) is 17.3 Å². The molecule has 1 aliphatic rings. The number of aromatic carboxylic acids is 1. The van der Waals surface area contributed by atoms with Crippen molar-refractivity contribution in [2.75, 3.05) is 11.4 Å². The van der Waals surface area contributed by atoms with Gasteiger partial charge in [0.25, 0.3) is 0 Å². The molecule has 1 N–H and O–H groups in total. The number of fused-ring (bicyclic) bond motifs is 1. The van der Waals surface area contributed by atoms with Crippen LogP contribution in [-0.4, -0.2) is 17.6 Å². The molecule has 0 fully saturated rings. The summed E-state index contributed by atoms with van der Waals surface area (Å²) in [5, 5.41) is 8.98. The maximum atomic E-state index is 11.0. The Kier molecular flexibility index (Phi) is 3.45. The zero-order valence-electron chi connectivity index (χ0n) is 12.2. The molecule has 1 aromatic carbocycles. The molecule has 4 nitrogen and oxygen atoms in total. The van der Waals surface area contributed by atoms with E-state index in [1.54, 1.807) is 6.07 Å². The number of rotatable bonds is 3. The molecule has 21 heavy (non-hydrogen) atoms. The zero-order chi connectivity index (χ0) is 15.0. The Morgan fingerprint density at radius 1 is 1.33 bits per heavy atom. The first-order valence-electron chi connectivity index (χ1n) is 7.24. The van der Waals surface area contributed by atoms with Crippen LogP contribution in [0.4, 0.5) is 5.69 Å². The molecule has 0 amide bonds. The van der Waals surface area contributed by atoms with Gasteiger partial charge in [-0.05, 0) is 43.0 Å². The third-order valence-electron chi connectivity index (χ3n) is 4.09. The largest absolute Gasteiger partial charge is 0.475 e. The summed E-state index contributed by atoms with van der Waals surface area (Å²) in [4.78, 5) is 13.3. The molecule has 2 aromatic rings. The topological polar surface area (TPSA) is 53.7 Å². The number of carbonyl (C=O) groups is 1. The molecule has 0 radical (unpaired) electrons. The average Bonchev–Trinajstić information content (AvgIpc) is 2.95. The summed E-state index contributed by atoms with van der Waals surface area (Å²) >= 11 is 0. The molecule has 2 unspecified atom stereocenters. The molecule has 0 saturated carbocycles. The lowest BCUT2D eigenvalue weighted by Gasteiger charge is -2.38. The maximum Gasteiger partial charge on any atom is 0.371 e. The second-order valence-electron chi connectivity index (χ2n) is 5.77. The van der Waals surface area contributed by atoms with Gasteiger partial charge in [-0.15, -0.1) is 0 Å². The number of nitrogens with zero attached hydrogens (tertiary/aromatic N) is 1. The third-order valence-corrected chi connectivity index (χ3v) is 4.09. The number of anilines is 1. The van der Waals surface area contributed by atoms with Gasteiger partial charge in [-0.2, -0.15) is 0 Å². The maximum absolute atomic E-state index is 11.0. The van der Waals surface area contributed by atoms with E-state index < -0.39 is 5.97 Å². The summed E-state index contributed by atoms with van der Waals surface area (Å²) in [7, 11) is 0. The highest BCUT2D eigenvalue weighted by molar-refractivity contribution is 5.84. The van der Waals surface area contributed by atoms with Crippen LogP contribution < -0.4 is 4.90 Å². The highest BCUT2D eigenvalue weighted by atomic mass is 16.4. The van der Waals surface area contributed by atoms with Crippen LogP contribution in [-0.2, 0) is 6.42 Å². The number of furan rings is 1. The Hall–Kier alpha value is -2.23. The minimum absolute atomic E-state index is 0.00445. The van der Waals surface area contributed by atoms with Crippen LogP contribution in [0.25, 0.3) is 0 Å². The number of hydrogen-bond acceptors (Lipinski definition) is 3. The molecule has 2 atom stereocenters. The molecule has 0 bridgehead atoms.